The minimum absolute atomic E-state index is 0.000279. The first kappa shape index (κ1) is 16.9. The van der Waals surface area contributed by atoms with E-state index in [0.29, 0.717) is 12.1 Å². The van der Waals surface area contributed by atoms with Crippen LogP contribution >= 0.6 is 0 Å². The second-order valence-corrected chi connectivity index (χ2v) is 5.66. The lowest BCUT2D eigenvalue weighted by atomic mass is 10.1. The van der Waals surface area contributed by atoms with Gasteiger partial charge in [-0.15, -0.1) is 0 Å². The van der Waals surface area contributed by atoms with E-state index in [9.17, 15) is 9.59 Å². The molecule has 2 rings (SSSR count). The lowest BCUT2D eigenvalue weighted by Gasteiger charge is -2.06. The number of hydrogen-bond donors (Lipinski definition) is 1. The summed E-state index contributed by atoms with van der Waals surface area (Å²) in [6, 6.07) is 9.06. The van der Waals surface area contributed by atoms with E-state index in [0.717, 1.165) is 17.8 Å². The molecule has 5 heteroatoms. The maximum Gasteiger partial charge on any atom is 0.220 e. The van der Waals surface area contributed by atoms with Crippen molar-refractivity contribution in [3.05, 3.63) is 52.8 Å². The van der Waals surface area contributed by atoms with E-state index in [1.807, 2.05) is 43.8 Å². The summed E-state index contributed by atoms with van der Waals surface area (Å²) in [6.45, 7) is 4.56. The van der Waals surface area contributed by atoms with Crippen LogP contribution in [0, 0.1) is 13.8 Å². The SMILES string of the molecule is Cc1nn(C)c(C)c1CCNC(=O)CCC(=O)c1ccccc1. The van der Waals surface area contributed by atoms with Gasteiger partial charge in [-0.25, -0.2) is 0 Å². The molecule has 0 aliphatic rings. The zero-order valence-electron chi connectivity index (χ0n) is 13.9. The van der Waals surface area contributed by atoms with Crippen molar-refractivity contribution in [1.29, 1.82) is 0 Å². The highest BCUT2D eigenvalue weighted by Crippen LogP contribution is 2.12. The number of nitrogens with zero attached hydrogens (tertiary/aromatic N) is 2. The zero-order chi connectivity index (χ0) is 16.8. The lowest BCUT2D eigenvalue weighted by molar-refractivity contribution is -0.121. The molecule has 0 aliphatic heterocycles. The van der Waals surface area contributed by atoms with Gasteiger partial charge in [-0.3, -0.25) is 14.3 Å². The second kappa shape index (κ2) is 7.72. The minimum atomic E-state index is -0.0894. The van der Waals surface area contributed by atoms with Crippen molar-refractivity contribution in [2.75, 3.05) is 6.54 Å². The van der Waals surface area contributed by atoms with Gasteiger partial charge in [-0.05, 0) is 25.8 Å². The predicted octanol–water partition coefficient (Wildman–Crippen LogP) is 2.36. The van der Waals surface area contributed by atoms with Crippen molar-refractivity contribution < 1.29 is 9.59 Å². The average Bonchev–Trinajstić information content (AvgIpc) is 2.79. The molecule has 1 aromatic carbocycles. The molecule has 0 aliphatic carbocycles. The van der Waals surface area contributed by atoms with Crippen LogP contribution in [0.25, 0.3) is 0 Å². The summed E-state index contributed by atoms with van der Waals surface area (Å²) < 4.78 is 1.85. The fraction of sp³-hybridized carbons (Fsp3) is 0.389. The summed E-state index contributed by atoms with van der Waals surface area (Å²) in [5, 5.41) is 7.23. The summed E-state index contributed by atoms with van der Waals surface area (Å²) in [6.07, 6.45) is 1.21. The number of amides is 1. The van der Waals surface area contributed by atoms with Crippen molar-refractivity contribution in [2.24, 2.45) is 7.05 Å². The van der Waals surface area contributed by atoms with Crippen molar-refractivity contribution in [2.45, 2.75) is 33.1 Å². The van der Waals surface area contributed by atoms with Gasteiger partial charge in [0.1, 0.15) is 0 Å². The maximum atomic E-state index is 11.9. The van der Waals surface area contributed by atoms with Crippen LogP contribution in [0.2, 0.25) is 0 Å². The molecule has 23 heavy (non-hydrogen) atoms. The number of hydrogen-bond acceptors (Lipinski definition) is 3. The number of carbonyl (C=O) groups is 2. The van der Waals surface area contributed by atoms with Gasteiger partial charge in [0.25, 0.3) is 0 Å². The van der Waals surface area contributed by atoms with Crippen LogP contribution in [0.4, 0.5) is 0 Å². The first-order valence-corrected chi connectivity index (χ1v) is 7.83. The number of aryl methyl sites for hydroxylation is 2. The van der Waals surface area contributed by atoms with Gasteiger partial charge >= 0.3 is 0 Å². The van der Waals surface area contributed by atoms with E-state index in [1.165, 1.54) is 5.56 Å². The normalized spacial score (nSPS) is 10.6. The standard InChI is InChI=1S/C18H23N3O2/c1-13-16(14(2)21(3)20-13)11-12-19-18(23)10-9-17(22)15-7-5-4-6-8-15/h4-8H,9-12H2,1-3H3,(H,19,23). The Hall–Kier alpha value is -2.43. The molecular formula is C18H23N3O2. The topological polar surface area (TPSA) is 64.0 Å². The summed E-state index contributed by atoms with van der Waals surface area (Å²) >= 11 is 0. The van der Waals surface area contributed by atoms with Gasteiger partial charge in [-0.1, -0.05) is 30.3 Å². The zero-order valence-corrected chi connectivity index (χ0v) is 13.9. The van der Waals surface area contributed by atoms with Crippen molar-refractivity contribution in [3.63, 3.8) is 0 Å². The third-order valence-corrected chi connectivity index (χ3v) is 4.03. The summed E-state index contributed by atoms with van der Waals surface area (Å²) in [5.41, 5.74) is 3.95. The number of benzene rings is 1. The number of carbonyl (C=O) groups excluding carboxylic acids is 2. The fourth-order valence-corrected chi connectivity index (χ4v) is 2.59. The first-order valence-electron chi connectivity index (χ1n) is 7.83. The maximum absolute atomic E-state index is 11.9. The average molecular weight is 313 g/mol. The molecule has 0 radical (unpaired) electrons. The molecule has 0 unspecified atom stereocenters. The lowest BCUT2D eigenvalue weighted by Crippen LogP contribution is -2.26. The van der Waals surface area contributed by atoms with E-state index in [1.54, 1.807) is 12.1 Å². The molecule has 0 saturated carbocycles. The minimum Gasteiger partial charge on any atom is -0.356 e. The molecule has 0 saturated heterocycles. The van der Waals surface area contributed by atoms with Gasteiger partial charge in [0, 0.05) is 37.7 Å². The number of rotatable bonds is 7. The van der Waals surface area contributed by atoms with Crippen LogP contribution in [0.3, 0.4) is 0 Å². The Morgan fingerprint density at radius 1 is 1.13 bits per heavy atom. The molecule has 122 valence electrons. The quantitative estimate of drug-likeness (QED) is 0.798. The van der Waals surface area contributed by atoms with Crippen molar-refractivity contribution in [1.82, 2.24) is 15.1 Å². The Kier molecular flexibility index (Phi) is 5.68. The molecule has 0 atom stereocenters. The van der Waals surface area contributed by atoms with Gasteiger partial charge < -0.3 is 5.32 Å². The van der Waals surface area contributed by atoms with Crippen LogP contribution in [-0.4, -0.2) is 28.0 Å². The predicted molar refractivity (Wildman–Crippen MR) is 89.4 cm³/mol. The Balaban J connectivity index is 1.74. The Labute approximate surface area is 136 Å². The molecule has 5 nitrogen and oxygen atoms in total. The monoisotopic (exact) mass is 313 g/mol. The molecular weight excluding hydrogens is 290 g/mol. The molecule has 1 aromatic heterocycles. The number of aromatic nitrogens is 2. The second-order valence-electron chi connectivity index (χ2n) is 5.66. The molecule has 1 N–H and O–H groups in total. The highest BCUT2D eigenvalue weighted by Gasteiger charge is 2.11. The van der Waals surface area contributed by atoms with E-state index in [4.69, 9.17) is 0 Å². The van der Waals surface area contributed by atoms with Gasteiger partial charge in [0.05, 0.1) is 5.69 Å². The highest BCUT2D eigenvalue weighted by molar-refractivity contribution is 5.97. The van der Waals surface area contributed by atoms with Gasteiger partial charge in [-0.2, -0.15) is 5.10 Å². The van der Waals surface area contributed by atoms with Crippen LogP contribution in [-0.2, 0) is 18.3 Å². The Morgan fingerprint density at radius 2 is 1.83 bits per heavy atom. The van der Waals surface area contributed by atoms with E-state index in [-0.39, 0.29) is 24.5 Å². The van der Waals surface area contributed by atoms with Crippen LogP contribution in [0.5, 0.6) is 0 Å². The molecule has 1 amide bonds. The third kappa shape index (κ3) is 4.52. The molecule has 2 aromatic rings. The Morgan fingerprint density at radius 3 is 2.43 bits per heavy atom. The van der Waals surface area contributed by atoms with Gasteiger partial charge in [0.15, 0.2) is 5.78 Å². The molecule has 1 heterocycles. The van der Waals surface area contributed by atoms with Crippen LogP contribution < -0.4 is 5.32 Å². The summed E-state index contributed by atoms with van der Waals surface area (Å²) in [5.74, 6) is -0.0897. The molecule has 0 fully saturated rings. The fourth-order valence-electron chi connectivity index (χ4n) is 2.59. The van der Waals surface area contributed by atoms with Crippen molar-refractivity contribution >= 4 is 11.7 Å². The highest BCUT2D eigenvalue weighted by atomic mass is 16.2. The van der Waals surface area contributed by atoms with E-state index < -0.39 is 0 Å². The molecule has 0 bridgehead atoms. The smallest absolute Gasteiger partial charge is 0.220 e. The van der Waals surface area contributed by atoms with Gasteiger partial charge in [0.2, 0.25) is 5.91 Å². The van der Waals surface area contributed by atoms with Crippen molar-refractivity contribution in [3.8, 4) is 0 Å². The van der Waals surface area contributed by atoms with Crippen LogP contribution in [0.1, 0.15) is 40.2 Å². The first-order chi connectivity index (χ1) is 11.0. The number of Topliss-reactive ketones (excluding diaryl/α,β-unsaturated/α-hetero) is 1. The van der Waals surface area contributed by atoms with E-state index in [2.05, 4.69) is 10.4 Å². The summed E-state index contributed by atoms with van der Waals surface area (Å²) in [4.78, 5) is 23.8. The largest absolute Gasteiger partial charge is 0.356 e. The number of nitrogens with one attached hydrogen (secondary N) is 1. The number of ketones is 1. The van der Waals surface area contributed by atoms with E-state index >= 15 is 0 Å². The Bertz CT molecular complexity index is 690. The molecule has 0 spiro atoms. The third-order valence-electron chi connectivity index (χ3n) is 4.03. The van der Waals surface area contributed by atoms with Crippen LogP contribution in [0.15, 0.2) is 30.3 Å². The summed E-state index contributed by atoms with van der Waals surface area (Å²) in [7, 11) is 1.92.